The lowest BCUT2D eigenvalue weighted by Gasteiger charge is -2.15. The lowest BCUT2D eigenvalue weighted by Crippen LogP contribution is -2.15. The van der Waals surface area contributed by atoms with E-state index in [-0.39, 0.29) is 30.2 Å². The van der Waals surface area contributed by atoms with Crippen LogP contribution in [-0.2, 0) is 17.5 Å². The highest BCUT2D eigenvalue weighted by Crippen LogP contribution is 2.35. The van der Waals surface area contributed by atoms with Crippen LogP contribution < -0.4 is 14.8 Å². The predicted octanol–water partition coefficient (Wildman–Crippen LogP) is 5.62. The summed E-state index contributed by atoms with van der Waals surface area (Å²) in [7, 11) is 1.48. The lowest BCUT2D eigenvalue weighted by molar-refractivity contribution is -0.137. The first-order valence-electron chi connectivity index (χ1n) is 9.26. The number of halogens is 3. The number of nitrogens with one attached hydrogen (secondary N) is 1. The third kappa shape index (κ3) is 6.47. The third-order valence-electron chi connectivity index (χ3n) is 4.16. The Kier molecular flexibility index (Phi) is 7.54. The average Bonchev–Trinajstić information content (AvgIpc) is 3.26. The Morgan fingerprint density at radius 2 is 1.87 bits per heavy atom. The van der Waals surface area contributed by atoms with Gasteiger partial charge in [0, 0.05) is 17.6 Å². The smallest absolute Gasteiger partial charge is 0.416 e. The number of anilines is 1. The molecule has 0 spiro atoms. The summed E-state index contributed by atoms with van der Waals surface area (Å²) < 4.78 is 55.4. The Labute approximate surface area is 181 Å². The van der Waals surface area contributed by atoms with E-state index in [1.807, 2.05) is 17.5 Å². The Morgan fingerprint density at radius 1 is 1.03 bits per heavy atom. The number of ether oxygens (including phenoxy) is 3. The second-order valence-electron chi connectivity index (χ2n) is 6.40. The summed E-state index contributed by atoms with van der Waals surface area (Å²) in [6.45, 7) is 0.725. The molecule has 31 heavy (non-hydrogen) atoms. The van der Waals surface area contributed by atoms with E-state index in [0.717, 1.165) is 17.0 Å². The van der Waals surface area contributed by atoms with Crippen molar-refractivity contribution in [3.63, 3.8) is 0 Å². The van der Waals surface area contributed by atoms with Gasteiger partial charge in [0.15, 0.2) is 0 Å². The molecule has 9 heteroatoms. The Bertz CT molecular complexity index is 1010. The molecular weight excluding hydrogens is 431 g/mol. The molecule has 164 valence electrons. The number of thiophene rings is 1. The van der Waals surface area contributed by atoms with Crippen molar-refractivity contribution in [1.82, 2.24) is 0 Å². The monoisotopic (exact) mass is 451 g/mol. The quantitative estimate of drug-likeness (QED) is 0.429. The van der Waals surface area contributed by atoms with Crippen molar-refractivity contribution >= 4 is 22.9 Å². The van der Waals surface area contributed by atoms with Gasteiger partial charge in [0.05, 0.1) is 17.9 Å². The summed E-state index contributed by atoms with van der Waals surface area (Å²) in [4.78, 5) is 13.7. The topological polar surface area (TPSA) is 56.8 Å². The van der Waals surface area contributed by atoms with E-state index in [4.69, 9.17) is 14.2 Å². The summed E-state index contributed by atoms with van der Waals surface area (Å²) in [5.74, 6) is 0.00245. The largest absolute Gasteiger partial charge is 0.489 e. The molecule has 2 aromatic carbocycles. The zero-order valence-corrected chi connectivity index (χ0v) is 17.4. The molecule has 0 atom stereocenters. The molecule has 0 aliphatic rings. The molecule has 0 aliphatic heterocycles. The Balaban J connectivity index is 1.77. The van der Waals surface area contributed by atoms with Crippen molar-refractivity contribution < 1.29 is 32.2 Å². The van der Waals surface area contributed by atoms with Gasteiger partial charge >= 0.3 is 6.18 Å². The standard InChI is InChI=1S/C22H20F3NO4S/c1-28-9-10-29-20-8-7-16(22(23,24)25)13-19(20)26-21(27)15-4-2-5-17(12-15)30-14-18-6-3-11-31-18/h2-8,11-13H,9-10,14H2,1H3,(H,26,27). The molecule has 3 rings (SSSR count). The molecule has 0 radical (unpaired) electrons. The predicted molar refractivity (Wildman–Crippen MR) is 112 cm³/mol. The molecular formula is C22H20F3NO4S. The van der Waals surface area contributed by atoms with E-state index in [0.29, 0.717) is 12.4 Å². The van der Waals surface area contributed by atoms with Crippen molar-refractivity contribution in [2.75, 3.05) is 25.6 Å². The molecule has 0 saturated carbocycles. The van der Waals surface area contributed by atoms with Gasteiger partial charge in [-0.3, -0.25) is 4.79 Å². The molecule has 1 N–H and O–H groups in total. The van der Waals surface area contributed by atoms with E-state index in [1.165, 1.54) is 19.2 Å². The first kappa shape index (κ1) is 22.6. The second-order valence-corrected chi connectivity index (χ2v) is 7.43. The highest BCUT2D eigenvalue weighted by Gasteiger charge is 2.31. The summed E-state index contributed by atoms with van der Waals surface area (Å²) in [6.07, 6.45) is -4.56. The van der Waals surface area contributed by atoms with Gasteiger partial charge in [-0.25, -0.2) is 0 Å². The number of carbonyl (C=O) groups excluding carboxylic acids is 1. The van der Waals surface area contributed by atoms with Gasteiger partial charge in [-0.15, -0.1) is 11.3 Å². The molecule has 0 bridgehead atoms. The van der Waals surface area contributed by atoms with Gasteiger partial charge in [0.25, 0.3) is 5.91 Å². The van der Waals surface area contributed by atoms with Crippen LogP contribution in [0.15, 0.2) is 60.0 Å². The first-order valence-corrected chi connectivity index (χ1v) is 10.1. The van der Waals surface area contributed by atoms with Crippen LogP contribution in [-0.4, -0.2) is 26.2 Å². The van der Waals surface area contributed by atoms with Crippen LogP contribution in [0.4, 0.5) is 18.9 Å². The molecule has 0 fully saturated rings. The van der Waals surface area contributed by atoms with Gasteiger partial charge in [0.1, 0.15) is 24.7 Å². The fraction of sp³-hybridized carbons (Fsp3) is 0.227. The Hall–Kier alpha value is -3.04. The zero-order chi connectivity index (χ0) is 22.3. The SMILES string of the molecule is COCCOc1ccc(C(F)(F)F)cc1NC(=O)c1cccc(OCc2cccs2)c1. The maximum atomic E-state index is 13.1. The molecule has 0 saturated heterocycles. The number of methoxy groups -OCH3 is 1. The lowest BCUT2D eigenvalue weighted by atomic mass is 10.1. The minimum Gasteiger partial charge on any atom is -0.489 e. The number of hydrogen-bond donors (Lipinski definition) is 1. The Morgan fingerprint density at radius 3 is 2.58 bits per heavy atom. The molecule has 3 aromatic rings. The second kappa shape index (κ2) is 10.3. The third-order valence-corrected chi connectivity index (χ3v) is 5.01. The first-order chi connectivity index (χ1) is 14.9. The number of carbonyl (C=O) groups is 1. The molecule has 1 aromatic heterocycles. The number of alkyl halides is 3. The molecule has 1 heterocycles. The average molecular weight is 451 g/mol. The van der Waals surface area contributed by atoms with Crippen LogP contribution >= 0.6 is 11.3 Å². The van der Waals surface area contributed by atoms with Gasteiger partial charge in [0.2, 0.25) is 0 Å². The fourth-order valence-corrected chi connectivity index (χ4v) is 3.25. The van der Waals surface area contributed by atoms with Crippen LogP contribution in [0.1, 0.15) is 20.8 Å². The maximum Gasteiger partial charge on any atom is 0.416 e. The van der Waals surface area contributed by atoms with E-state index in [9.17, 15) is 18.0 Å². The summed E-state index contributed by atoms with van der Waals surface area (Å²) >= 11 is 1.55. The maximum absolute atomic E-state index is 13.1. The molecule has 5 nitrogen and oxygen atoms in total. The van der Waals surface area contributed by atoms with Crippen molar-refractivity contribution in [2.45, 2.75) is 12.8 Å². The molecule has 1 amide bonds. The minimum absolute atomic E-state index is 0.0826. The van der Waals surface area contributed by atoms with Crippen LogP contribution in [0, 0.1) is 0 Å². The van der Waals surface area contributed by atoms with Gasteiger partial charge in [-0.05, 0) is 47.8 Å². The van der Waals surface area contributed by atoms with Crippen LogP contribution in [0.5, 0.6) is 11.5 Å². The van der Waals surface area contributed by atoms with Gasteiger partial charge in [-0.2, -0.15) is 13.2 Å². The van der Waals surface area contributed by atoms with E-state index < -0.39 is 17.6 Å². The summed E-state index contributed by atoms with van der Waals surface area (Å²) in [5, 5.41) is 4.44. The van der Waals surface area contributed by atoms with Crippen molar-refractivity contribution in [1.29, 1.82) is 0 Å². The fourth-order valence-electron chi connectivity index (χ4n) is 2.64. The summed E-state index contributed by atoms with van der Waals surface area (Å²) in [5.41, 5.74) is -0.736. The molecule has 0 unspecified atom stereocenters. The van der Waals surface area contributed by atoms with E-state index in [1.54, 1.807) is 29.5 Å². The van der Waals surface area contributed by atoms with E-state index in [2.05, 4.69) is 5.32 Å². The van der Waals surface area contributed by atoms with Crippen LogP contribution in [0.3, 0.4) is 0 Å². The van der Waals surface area contributed by atoms with Crippen LogP contribution in [0.2, 0.25) is 0 Å². The minimum atomic E-state index is -4.56. The zero-order valence-electron chi connectivity index (χ0n) is 16.6. The number of amides is 1. The van der Waals surface area contributed by atoms with Gasteiger partial charge < -0.3 is 19.5 Å². The summed E-state index contributed by atoms with van der Waals surface area (Å²) in [6, 6.07) is 13.2. The normalized spacial score (nSPS) is 11.2. The highest BCUT2D eigenvalue weighted by molar-refractivity contribution is 7.09. The van der Waals surface area contributed by atoms with E-state index >= 15 is 0 Å². The number of benzene rings is 2. The van der Waals surface area contributed by atoms with Crippen molar-refractivity contribution in [3.05, 3.63) is 76.0 Å². The molecule has 0 aliphatic carbocycles. The van der Waals surface area contributed by atoms with Crippen molar-refractivity contribution in [2.24, 2.45) is 0 Å². The highest BCUT2D eigenvalue weighted by atomic mass is 32.1. The van der Waals surface area contributed by atoms with Gasteiger partial charge in [-0.1, -0.05) is 12.1 Å². The van der Waals surface area contributed by atoms with Crippen molar-refractivity contribution in [3.8, 4) is 11.5 Å². The number of rotatable bonds is 9. The van der Waals surface area contributed by atoms with Crippen LogP contribution in [0.25, 0.3) is 0 Å². The number of hydrogen-bond acceptors (Lipinski definition) is 5.